The number of anilines is 1. The standard InChI is InChI=1S/C20H22N2O3S/c1-13-6-9-17(14(2)11-13)25-10-4-5-19(23)22-20-21-16-8-7-15(24-3)12-18(16)26-20/h6-9,11-12H,4-5,10H2,1-3H3,(H,21,22,23). The van der Waals surface area contributed by atoms with Crippen LogP contribution in [0.2, 0.25) is 0 Å². The summed E-state index contributed by atoms with van der Waals surface area (Å²) in [7, 11) is 1.63. The molecule has 5 nitrogen and oxygen atoms in total. The van der Waals surface area contributed by atoms with Crippen molar-refractivity contribution >= 4 is 32.6 Å². The Morgan fingerprint density at radius 3 is 2.81 bits per heavy atom. The van der Waals surface area contributed by atoms with Gasteiger partial charge in [-0.3, -0.25) is 4.79 Å². The Morgan fingerprint density at radius 1 is 1.19 bits per heavy atom. The fourth-order valence-electron chi connectivity index (χ4n) is 2.64. The summed E-state index contributed by atoms with van der Waals surface area (Å²) in [6, 6.07) is 11.7. The number of fused-ring (bicyclic) bond motifs is 1. The molecule has 3 rings (SSSR count). The van der Waals surface area contributed by atoms with Gasteiger partial charge in [0.15, 0.2) is 5.13 Å². The highest BCUT2D eigenvalue weighted by Crippen LogP contribution is 2.29. The molecule has 0 unspecified atom stereocenters. The Morgan fingerprint density at radius 2 is 2.04 bits per heavy atom. The predicted molar refractivity (Wildman–Crippen MR) is 105 cm³/mol. The van der Waals surface area contributed by atoms with Crippen LogP contribution in [0.15, 0.2) is 36.4 Å². The Kier molecular flexibility index (Phi) is 5.73. The molecule has 2 aromatic carbocycles. The lowest BCUT2D eigenvalue weighted by Crippen LogP contribution is -2.12. The molecule has 6 heteroatoms. The molecule has 0 atom stereocenters. The van der Waals surface area contributed by atoms with Crippen molar-refractivity contribution in [2.45, 2.75) is 26.7 Å². The molecule has 1 amide bonds. The average Bonchev–Trinajstić information content (AvgIpc) is 3.01. The second-order valence-corrected chi connectivity index (χ2v) is 7.15. The number of amides is 1. The summed E-state index contributed by atoms with van der Waals surface area (Å²) in [5.74, 6) is 1.60. The van der Waals surface area contributed by atoms with Crippen LogP contribution in [0, 0.1) is 13.8 Å². The van der Waals surface area contributed by atoms with E-state index in [4.69, 9.17) is 9.47 Å². The zero-order valence-corrected chi connectivity index (χ0v) is 16.0. The van der Waals surface area contributed by atoms with Crippen LogP contribution >= 0.6 is 11.3 Å². The number of methoxy groups -OCH3 is 1. The van der Waals surface area contributed by atoms with Crippen molar-refractivity contribution in [1.29, 1.82) is 0 Å². The Labute approximate surface area is 157 Å². The first-order valence-corrected chi connectivity index (χ1v) is 9.31. The zero-order valence-electron chi connectivity index (χ0n) is 15.2. The highest BCUT2D eigenvalue weighted by Gasteiger charge is 2.09. The number of thiazole rings is 1. The van der Waals surface area contributed by atoms with Gasteiger partial charge in [-0.25, -0.2) is 4.98 Å². The number of hydrogen-bond acceptors (Lipinski definition) is 5. The van der Waals surface area contributed by atoms with E-state index < -0.39 is 0 Å². The minimum atomic E-state index is -0.0553. The molecule has 0 bridgehead atoms. The maximum Gasteiger partial charge on any atom is 0.226 e. The lowest BCUT2D eigenvalue weighted by atomic mass is 10.1. The van der Waals surface area contributed by atoms with Crippen molar-refractivity contribution in [3.05, 3.63) is 47.5 Å². The van der Waals surface area contributed by atoms with Crippen molar-refractivity contribution in [1.82, 2.24) is 4.98 Å². The van der Waals surface area contributed by atoms with E-state index in [1.165, 1.54) is 16.9 Å². The smallest absolute Gasteiger partial charge is 0.226 e. The van der Waals surface area contributed by atoms with E-state index >= 15 is 0 Å². The van der Waals surface area contributed by atoms with Crippen molar-refractivity contribution in [3.8, 4) is 11.5 Å². The van der Waals surface area contributed by atoms with Gasteiger partial charge in [0, 0.05) is 6.42 Å². The van der Waals surface area contributed by atoms with E-state index in [0.29, 0.717) is 24.6 Å². The highest BCUT2D eigenvalue weighted by molar-refractivity contribution is 7.22. The Balaban J connectivity index is 1.48. The molecular formula is C20H22N2O3S. The third-order valence-corrected chi connectivity index (χ3v) is 4.91. The van der Waals surface area contributed by atoms with E-state index in [1.54, 1.807) is 7.11 Å². The fourth-order valence-corrected chi connectivity index (χ4v) is 3.55. The molecule has 1 N–H and O–H groups in total. The number of ether oxygens (including phenoxy) is 2. The van der Waals surface area contributed by atoms with Gasteiger partial charge in [0.1, 0.15) is 11.5 Å². The number of aromatic nitrogens is 1. The summed E-state index contributed by atoms with van der Waals surface area (Å²) in [4.78, 5) is 16.5. The molecule has 0 saturated carbocycles. The van der Waals surface area contributed by atoms with E-state index in [9.17, 15) is 4.79 Å². The maximum absolute atomic E-state index is 12.1. The topological polar surface area (TPSA) is 60.5 Å². The lowest BCUT2D eigenvalue weighted by molar-refractivity contribution is -0.116. The number of hydrogen-bond donors (Lipinski definition) is 1. The van der Waals surface area contributed by atoms with Gasteiger partial charge >= 0.3 is 0 Å². The van der Waals surface area contributed by atoms with Gasteiger partial charge in [0.2, 0.25) is 5.91 Å². The second-order valence-electron chi connectivity index (χ2n) is 6.12. The SMILES string of the molecule is COc1ccc2nc(NC(=O)CCCOc3ccc(C)cc3C)sc2c1. The van der Waals surface area contributed by atoms with Crippen LogP contribution in [0.3, 0.4) is 0 Å². The van der Waals surface area contributed by atoms with Crippen LogP contribution in [0.5, 0.6) is 11.5 Å². The number of rotatable bonds is 7. The maximum atomic E-state index is 12.1. The van der Waals surface area contributed by atoms with Gasteiger partial charge in [-0.2, -0.15) is 0 Å². The van der Waals surface area contributed by atoms with Crippen LogP contribution in [0.25, 0.3) is 10.2 Å². The third kappa shape index (κ3) is 4.52. The summed E-state index contributed by atoms with van der Waals surface area (Å²) in [5.41, 5.74) is 3.17. The summed E-state index contributed by atoms with van der Waals surface area (Å²) in [5, 5.41) is 3.46. The number of nitrogens with one attached hydrogen (secondary N) is 1. The summed E-state index contributed by atoms with van der Waals surface area (Å²) in [6.45, 7) is 4.59. The van der Waals surface area contributed by atoms with Gasteiger partial charge in [-0.1, -0.05) is 29.0 Å². The predicted octanol–water partition coefficient (Wildman–Crippen LogP) is 4.72. The number of carbonyl (C=O) groups is 1. The lowest BCUT2D eigenvalue weighted by Gasteiger charge is -2.09. The van der Waals surface area contributed by atoms with Crippen LogP contribution in [-0.4, -0.2) is 24.6 Å². The van der Waals surface area contributed by atoms with Gasteiger partial charge in [-0.15, -0.1) is 0 Å². The number of carbonyl (C=O) groups excluding carboxylic acids is 1. The third-order valence-electron chi connectivity index (χ3n) is 3.98. The fraction of sp³-hybridized carbons (Fsp3) is 0.300. The van der Waals surface area contributed by atoms with Crippen molar-refractivity contribution in [2.75, 3.05) is 19.0 Å². The summed E-state index contributed by atoms with van der Waals surface area (Å²) < 4.78 is 12.0. The van der Waals surface area contributed by atoms with Gasteiger partial charge < -0.3 is 14.8 Å². The monoisotopic (exact) mass is 370 g/mol. The largest absolute Gasteiger partial charge is 0.497 e. The summed E-state index contributed by atoms with van der Waals surface area (Å²) >= 11 is 1.44. The van der Waals surface area contributed by atoms with Gasteiger partial charge in [-0.05, 0) is 50.1 Å². The molecule has 0 aliphatic carbocycles. The van der Waals surface area contributed by atoms with Crippen molar-refractivity contribution in [2.24, 2.45) is 0 Å². The first-order chi connectivity index (χ1) is 12.5. The average molecular weight is 370 g/mol. The first kappa shape index (κ1) is 18.2. The minimum Gasteiger partial charge on any atom is -0.497 e. The number of benzene rings is 2. The van der Waals surface area contributed by atoms with Crippen LogP contribution < -0.4 is 14.8 Å². The molecule has 0 aliphatic rings. The zero-order chi connectivity index (χ0) is 18.5. The van der Waals surface area contributed by atoms with Crippen LogP contribution in [0.1, 0.15) is 24.0 Å². The second kappa shape index (κ2) is 8.19. The molecule has 0 radical (unpaired) electrons. The van der Waals surface area contributed by atoms with E-state index in [1.807, 2.05) is 37.3 Å². The van der Waals surface area contributed by atoms with Crippen LogP contribution in [-0.2, 0) is 4.79 Å². The van der Waals surface area contributed by atoms with E-state index in [-0.39, 0.29) is 5.91 Å². The van der Waals surface area contributed by atoms with E-state index in [0.717, 1.165) is 27.3 Å². The molecule has 0 spiro atoms. The van der Waals surface area contributed by atoms with E-state index in [2.05, 4.69) is 23.3 Å². The molecule has 1 aromatic heterocycles. The number of nitrogens with zero attached hydrogens (tertiary/aromatic N) is 1. The minimum absolute atomic E-state index is 0.0553. The quantitative estimate of drug-likeness (QED) is 0.611. The molecular weight excluding hydrogens is 348 g/mol. The normalized spacial score (nSPS) is 10.7. The molecule has 1 heterocycles. The molecule has 0 fully saturated rings. The Bertz CT molecular complexity index is 921. The van der Waals surface area contributed by atoms with Gasteiger partial charge in [0.05, 0.1) is 23.9 Å². The molecule has 3 aromatic rings. The number of aryl methyl sites for hydroxylation is 2. The molecule has 0 saturated heterocycles. The summed E-state index contributed by atoms with van der Waals surface area (Å²) in [6.07, 6.45) is 1.04. The molecule has 0 aliphatic heterocycles. The molecule has 136 valence electrons. The van der Waals surface area contributed by atoms with Crippen molar-refractivity contribution in [3.63, 3.8) is 0 Å². The van der Waals surface area contributed by atoms with Crippen LogP contribution in [0.4, 0.5) is 5.13 Å². The first-order valence-electron chi connectivity index (χ1n) is 8.49. The van der Waals surface area contributed by atoms with Crippen molar-refractivity contribution < 1.29 is 14.3 Å². The Hall–Kier alpha value is -2.60. The van der Waals surface area contributed by atoms with Gasteiger partial charge in [0.25, 0.3) is 0 Å². The highest BCUT2D eigenvalue weighted by atomic mass is 32.1. The molecule has 26 heavy (non-hydrogen) atoms.